The van der Waals surface area contributed by atoms with Crippen molar-refractivity contribution in [3.05, 3.63) is 89.6 Å². The van der Waals surface area contributed by atoms with Gasteiger partial charge in [-0.2, -0.15) is 0 Å². The van der Waals surface area contributed by atoms with Crippen molar-refractivity contribution in [3.63, 3.8) is 0 Å². The Balaban J connectivity index is 1.47. The Bertz CT molecular complexity index is 1140. The maximum atomic E-state index is 12.9. The lowest BCUT2D eigenvalue weighted by Gasteiger charge is -2.10. The lowest BCUT2D eigenvalue weighted by Crippen LogP contribution is -2.13. The first-order valence-corrected chi connectivity index (χ1v) is 10.4. The molecule has 0 aliphatic rings. The molecular formula is C23H20N4O2S. The second-order valence-corrected chi connectivity index (χ2v) is 7.72. The molecule has 0 spiro atoms. The van der Waals surface area contributed by atoms with E-state index in [0.717, 1.165) is 27.5 Å². The number of nitrogens with one attached hydrogen (secondary N) is 1. The fraction of sp³-hybridized carbons (Fsp3) is 0.130. The Morgan fingerprint density at radius 2 is 1.70 bits per heavy atom. The highest BCUT2D eigenvalue weighted by atomic mass is 32.2. The van der Waals surface area contributed by atoms with Gasteiger partial charge < -0.3 is 9.84 Å². The number of carbonyl (C=O) groups excluding carboxylic acids is 1. The molecule has 2 heterocycles. The number of thioether (sulfide) groups is 1. The molecular weight excluding hydrogens is 396 g/mol. The standard InChI is InChI=1S/C23H20N4O2S/c1-15-20(16(2)29-27-15)14-30-21-11-7-6-10-19(21)23(28)26-18-12-24-22(25-13-18)17-8-4-3-5-9-17/h3-13H,14H2,1-2H3,(H,26,28). The third kappa shape index (κ3) is 4.41. The lowest BCUT2D eigenvalue weighted by molar-refractivity contribution is 0.102. The molecule has 0 unspecified atom stereocenters. The summed E-state index contributed by atoms with van der Waals surface area (Å²) in [6, 6.07) is 17.2. The van der Waals surface area contributed by atoms with Gasteiger partial charge in [-0.05, 0) is 26.0 Å². The zero-order valence-electron chi connectivity index (χ0n) is 16.6. The summed E-state index contributed by atoms with van der Waals surface area (Å²) in [4.78, 5) is 22.5. The van der Waals surface area contributed by atoms with E-state index in [2.05, 4.69) is 20.4 Å². The molecule has 0 fully saturated rings. The second-order valence-electron chi connectivity index (χ2n) is 6.70. The van der Waals surface area contributed by atoms with Crippen LogP contribution < -0.4 is 5.32 Å². The van der Waals surface area contributed by atoms with Crippen molar-refractivity contribution in [2.75, 3.05) is 5.32 Å². The largest absolute Gasteiger partial charge is 0.361 e. The molecule has 7 heteroatoms. The van der Waals surface area contributed by atoms with Gasteiger partial charge in [0.2, 0.25) is 0 Å². The molecule has 0 radical (unpaired) electrons. The lowest BCUT2D eigenvalue weighted by atomic mass is 10.2. The number of carbonyl (C=O) groups is 1. The highest BCUT2D eigenvalue weighted by Crippen LogP contribution is 2.29. The Kier molecular flexibility index (Phi) is 5.90. The molecule has 1 N–H and O–H groups in total. The SMILES string of the molecule is Cc1noc(C)c1CSc1ccccc1C(=O)Nc1cnc(-c2ccccc2)nc1. The number of hydrogen-bond donors (Lipinski definition) is 1. The molecule has 0 atom stereocenters. The Hall–Kier alpha value is -3.45. The van der Waals surface area contributed by atoms with Crippen LogP contribution in [0.2, 0.25) is 0 Å². The van der Waals surface area contributed by atoms with Gasteiger partial charge in [-0.1, -0.05) is 47.6 Å². The number of anilines is 1. The van der Waals surface area contributed by atoms with E-state index in [1.165, 1.54) is 0 Å². The topological polar surface area (TPSA) is 80.9 Å². The van der Waals surface area contributed by atoms with Crippen molar-refractivity contribution in [2.45, 2.75) is 24.5 Å². The van der Waals surface area contributed by atoms with E-state index in [1.807, 2.05) is 68.4 Å². The van der Waals surface area contributed by atoms with Crippen molar-refractivity contribution in [1.29, 1.82) is 0 Å². The van der Waals surface area contributed by atoms with Crippen molar-refractivity contribution in [1.82, 2.24) is 15.1 Å². The third-order valence-corrected chi connectivity index (χ3v) is 5.73. The van der Waals surface area contributed by atoms with E-state index in [-0.39, 0.29) is 5.91 Å². The van der Waals surface area contributed by atoms with Gasteiger partial charge in [0.05, 0.1) is 29.3 Å². The van der Waals surface area contributed by atoms with Gasteiger partial charge >= 0.3 is 0 Å². The number of nitrogens with zero attached hydrogens (tertiary/aromatic N) is 3. The van der Waals surface area contributed by atoms with Crippen LogP contribution in [0, 0.1) is 13.8 Å². The highest BCUT2D eigenvalue weighted by molar-refractivity contribution is 7.98. The molecule has 0 saturated heterocycles. The molecule has 4 aromatic rings. The fourth-order valence-corrected chi connectivity index (χ4v) is 4.17. The first kappa shape index (κ1) is 19.8. The smallest absolute Gasteiger partial charge is 0.256 e. The summed E-state index contributed by atoms with van der Waals surface area (Å²) in [6.45, 7) is 3.82. The molecule has 0 aliphatic heterocycles. The van der Waals surface area contributed by atoms with Gasteiger partial charge in [-0.25, -0.2) is 9.97 Å². The summed E-state index contributed by atoms with van der Waals surface area (Å²) in [5, 5.41) is 6.87. The number of benzene rings is 2. The monoisotopic (exact) mass is 416 g/mol. The summed E-state index contributed by atoms with van der Waals surface area (Å²) < 4.78 is 5.23. The summed E-state index contributed by atoms with van der Waals surface area (Å²) in [5.41, 5.74) is 4.00. The summed E-state index contributed by atoms with van der Waals surface area (Å²) in [6.07, 6.45) is 3.24. The maximum absolute atomic E-state index is 12.9. The predicted molar refractivity (Wildman–Crippen MR) is 117 cm³/mol. The molecule has 1 amide bonds. The van der Waals surface area contributed by atoms with Crippen LogP contribution in [0.15, 0.2) is 76.4 Å². The van der Waals surface area contributed by atoms with E-state index >= 15 is 0 Å². The van der Waals surface area contributed by atoms with E-state index in [9.17, 15) is 4.79 Å². The van der Waals surface area contributed by atoms with Gasteiger partial charge in [0.15, 0.2) is 5.82 Å². The minimum absolute atomic E-state index is 0.201. The van der Waals surface area contributed by atoms with E-state index in [0.29, 0.717) is 22.8 Å². The highest BCUT2D eigenvalue weighted by Gasteiger charge is 2.15. The summed E-state index contributed by atoms with van der Waals surface area (Å²) in [7, 11) is 0. The van der Waals surface area contributed by atoms with Crippen LogP contribution in [0.4, 0.5) is 5.69 Å². The van der Waals surface area contributed by atoms with Crippen LogP contribution in [0.5, 0.6) is 0 Å². The second kappa shape index (κ2) is 8.92. The van der Waals surface area contributed by atoms with Crippen LogP contribution in [0.3, 0.4) is 0 Å². The summed E-state index contributed by atoms with van der Waals surface area (Å²) in [5.74, 6) is 1.90. The minimum Gasteiger partial charge on any atom is -0.361 e. The Labute approximate surface area is 178 Å². The number of amides is 1. The number of aryl methyl sites for hydroxylation is 2. The fourth-order valence-electron chi connectivity index (χ4n) is 2.97. The van der Waals surface area contributed by atoms with Crippen molar-refractivity contribution < 1.29 is 9.32 Å². The van der Waals surface area contributed by atoms with Gasteiger partial charge in [0.1, 0.15) is 5.76 Å². The van der Waals surface area contributed by atoms with Crippen LogP contribution in [0.25, 0.3) is 11.4 Å². The molecule has 0 aliphatic carbocycles. The molecule has 4 rings (SSSR count). The minimum atomic E-state index is -0.201. The summed E-state index contributed by atoms with van der Waals surface area (Å²) >= 11 is 1.58. The van der Waals surface area contributed by atoms with Crippen molar-refractivity contribution >= 4 is 23.4 Å². The maximum Gasteiger partial charge on any atom is 0.256 e. The van der Waals surface area contributed by atoms with E-state index in [1.54, 1.807) is 24.2 Å². The predicted octanol–water partition coefficient (Wildman–Crippen LogP) is 5.29. The van der Waals surface area contributed by atoms with Gasteiger partial charge in [-0.15, -0.1) is 11.8 Å². The van der Waals surface area contributed by atoms with Gasteiger partial charge in [0.25, 0.3) is 5.91 Å². The average Bonchev–Trinajstić information content (AvgIpc) is 3.11. The first-order valence-electron chi connectivity index (χ1n) is 9.44. The molecule has 6 nitrogen and oxygen atoms in total. The Morgan fingerprint density at radius 1 is 1.00 bits per heavy atom. The quantitative estimate of drug-likeness (QED) is 0.430. The number of rotatable bonds is 6. The average molecular weight is 417 g/mol. The molecule has 0 bridgehead atoms. The third-order valence-electron chi connectivity index (χ3n) is 4.63. The van der Waals surface area contributed by atoms with E-state index in [4.69, 9.17) is 4.52 Å². The zero-order chi connectivity index (χ0) is 20.9. The van der Waals surface area contributed by atoms with Crippen LogP contribution in [0.1, 0.15) is 27.4 Å². The number of hydrogen-bond acceptors (Lipinski definition) is 6. The number of aromatic nitrogens is 3. The molecule has 0 saturated carbocycles. The molecule has 150 valence electrons. The Morgan fingerprint density at radius 3 is 2.40 bits per heavy atom. The van der Waals surface area contributed by atoms with Crippen LogP contribution in [-0.2, 0) is 5.75 Å². The normalized spacial score (nSPS) is 10.7. The van der Waals surface area contributed by atoms with Gasteiger partial charge in [-0.3, -0.25) is 4.79 Å². The van der Waals surface area contributed by atoms with Crippen LogP contribution >= 0.6 is 11.8 Å². The molecule has 2 aromatic heterocycles. The molecule has 30 heavy (non-hydrogen) atoms. The zero-order valence-corrected chi connectivity index (χ0v) is 17.4. The first-order chi connectivity index (χ1) is 14.6. The molecule has 2 aromatic carbocycles. The van der Waals surface area contributed by atoms with E-state index < -0.39 is 0 Å². The van der Waals surface area contributed by atoms with Crippen LogP contribution in [-0.4, -0.2) is 21.0 Å². The van der Waals surface area contributed by atoms with Gasteiger partial charge in [0, 0.05) is 21.8 Å². The van der Waals surface area contributed by atoms with Crippen molar-refractivity contribution in [3.8, 4) is 11.4 Å². The van der Waals surface area contributed by atoms with Crippen molar-refractivity contribution in [2.24, 2.45) is 0 Å².